The minimum Gasteiger partial charge on any atom is -0.480 e. The number of aliphatic hydroxyl groups excluding tert-OH is 1. The summed E-state index contributed by atoms with van der Waals surface area (Å²) in [5.74, 6) is 0.945. The minimum absolute atomic E-state index is 0.339. The molecule has 1 unspecified atom stereocenters. The van der Waals surface area contributed by atoms with E-state index >= 15 is 0 Å². The zero-order valence-corrected chi connectivity index (χ0v) is 17.1. The summed E-state index contributed by atoms with van der Waals surface area (Å²) in [5, 5.41) is 10.1. The Morgan fingerprint density at radius 2 is 1.89 bits per heavy atom. The highest BCUT2D eigenvalue weighted by Crippen LogP contribution is 2.33. The highest BCUT2D eigenvalue weighted by atomic mass is 16.5. The van der Waals surface area contributed by atoms with Gasteiger partial charge in [0.1, 0.15) is 0 Å². The van der Waals surface area contributed by atoms with Crippen molar-refractivity contribution in [2.45, 2.75) is 59.6 Å². The first-order valence-corrected chi connectivity index (χ1v) is 9.56. The first kappa shape index (κ1) is 19.4. The predicted molar refractivity (Wildman–Crippen MR) is 109 cm³/mol. The van der Waals surface area contributed by atoms with E-state index < -0.39 is 0 Å². The summed E-state index contributed by atoms with van der Waals surface area (Å²) in [7, 11) is 1.65. The van der Waals surface area contributed by atoms with Crippen LogP contribution in [0.3, 0.4) is 0 Å². The molecule has 0 spiro atoms. The third kappa shape index (κ3) is 3.69. The van der Waals surface area contributed by atoms with E-state index in [1.54, 1.807) is 7.11 Å². The summed E-state index contributed by atoms with van der Waals surface area (Å²) < 4.78 is 7.67. The zero-order chi connectivity index (χ0) is 19.7. The molecule has 27 heavy (non-hydrogen) atoms. The fraction of sp³-hybridized carbons (Fsp3) is 0.455. The summed E-state index contributed by atoms with van der Waals surface area (Å²) in [6.07, 6.45) is 2.44. The van der Waals surface area contributed by atoms with Crippen LogP contribution in [0.1, 0.15) is 49.9 Å². The summed E-state index contributed by atoms with van der Waals surface area (Å²) >= 11 is 0. The number of fused-ring (bicyclic) bond motifs is 1. The fourth-order valence-corrected chi connectivity index (χ4v) is 3.36. The van der Waals surface area contributed by atoms with Crippen molar-refractivity contribution in [2.75, 3.05) is 7.11 Å². The van der Waals surface area contributed by atoms with E-state index in [2.05, 4.69) is 55.6 Å². The lowest BCUT2D eigenvalue weighted by atomic mass is 10.0. The second-order valence-electron chi connectivity index (χ2n) is 7.50. The highest BCUT2D eigenvalue weighted by Gasteiger charge is 2.17. The van der Waals surface area contributed by atoms with Gasteiger partial charge in [-0.15, -0.1) is 0 Å². The predicted octanol–water partition coefficient (Wildman–Crippen LogP) is 4.62. The van der Waals surface area contributed by atoms with E-state index in [1.165, 1.54) is 0 Å². The molecule has 0 bridgehead atoms. The van der Waals surface area contributed by atoms with Gasteiger partial charge in [0.15, 0.2) is 0 Å². The Morgan fingerprint density at radius 1 is 1.15 bits per heavy atom. The fourth-order valence-electron chi connectivity index (χ4n) is 3.36. The lowest BCUT2D eigenvalue weighted by Gasteiger charge is -2.14. The average Bonchev–Trinajstić information content (AvgIpc) is 2.94. The van der Waals surface area contributed by atoms with Gasteiger partial charge in [0, 0.05) is 18.4 Å². The van der Waals surface area contributed by atoms with E-state index in [9.17, 15) is 5.11 Å². The lowest BCUT2D eigenvalue weighted by Crippen LogP contribution is -2.13. The van der Waals surface area contributed by atoms with Crippen LogP contribution in [0, 0.1) is 13.8 Å². The summed E-state index contributed by atoms with van der Waals surface area (Å²) in [5.41, 5.74) is 6.96. The van der Waals surface area contributed by atoms with Crippen LogP contribution in [-0.4, -0.2) is 32.9 Å². The number of methoxy groups -OCH3 is 1. The van der Waals surface area contributed by atoms with Gasteiger partial charge in [-0.3, -0.25) is 0 Å². The van der Waals surface area contributed by atoms with Crippen LogP contribution in [0.15, 0.2) is 24.4 Å². The third-order valence-corrected chi connectivity index (χ3v) is 5.03. The smallest absolute Gasteiger partial charge is 0.222 e. The molecule has 1 N–H and O–H groups in total. The maximum Gasteiger partial charge on any atom is 0.222 e. The molecule has 0 saturated heterocycles. The zero-order valence-electron chi connectivity index (χ0n) is 17.1. The van der Waals surface area contributed by atoms with Crippen molar-refractivity contribution in [2.24, 2.45) is 0 Å². The maximum absolute atomic E-state index is 10.1. The van der Waals surface area contributed by atoms with Gasteiger partial charge >= 0.3 is 0 Å². The van der Waals surface area contributed by atoms with Gasteiger partial charge in [-0.25, -0.2) is 9.97 Å². The normalized spacial score (nSPS) is 12.7. The van der Waals surface area contributed by atoms with Gasteiger partial charge in [-0.2, -0.15) is 0 Å². The minimum atomic E-state index is -0.354. The van der Waals surface area contributed by atoms with E-state index in [4.69, 9.17) is 9.72 Å². The van der Waals surface area contributed by atoms with Gasteiger partial charge in [0.25, 0.3) is 0 Å². The summed E-state index contributed by atoms with van der Waals surface area (Å²) in [4.78, 5) is 9.62. The number of pyridine rings is 2. The summed E-state index contributed by atoms with van der Waals surface area (Å²) in [6, 6.07) is 6.24. The molecule has 0 aliphatic heterocycles. The van der Waals surface area contributed by atoms with Crippen LogP contribution in [0.4, 0.5) is 0 Å². The average molecular weight is 367 g/mol. The van der Waals surface area contributed by atoms with Crippen molar-refractivity contribution >= 4 is 11.0 Å². The molecular formula is C22H29N3O2. The molecule has 5 heteroatoms. The second-order valence-corrected chi connectivity index (χ2v) is 7.50. The second kappa shape index (κ2) is 7.69. The highest BCUT2D eigenvalue weighted by molar-refractivity contribution is 5.85. The number of hydrogen-bond donors (Lipinski definition) is 1. The van der Waals surface area contributed by atoms with Crippen molar-refractivity contribution in [3.8, 4) is 17.1 Å². The van der Waals surface area contributed by atoms with Gasteiger partial charge in [0.2, 0.25) is 5.88 Å². The number of nitrogens with zero attached hydrogens (tertiary/aromatic N) is 3. The number of aromatic nitrogens is 3. The Hall–Kier alpha value is -2.40. The van der Waals surface area contributed by atoms with Crippen molar-refractivity contribution in [3.05, 3.63) is 41.2 Å². The Labute approximate surface area is 161 Å². The molecule has 144 valence electrons. The number of aryl methyl sites for hydroxylation is 2. The molecule has 3 aromatic rings. The molecular weight excluding hydrogens is 338 g/mol. The first-order valence-electron chi connectivity index (χ1n) is 9.56. The SMILES string of the molecule is CCC(O)Cn1cc(C)c2nc(-c3ccc(C(C)C)nc3OC)c(C)cc21. The van der Waals surface area contributed by atoms with Gasteiger partial charge < -0.3 is 14.4 Å². The van der Waals surface area contributed by atoms with Crippen molar-refractivity contribution in [1.82, 2.24) is 14.5 Å². The number of rotatable bonds is 6. The monoisotopic (exact) mass is 367 g/mol. The van der Waals surface area contributed by atoms with Crippen molar-refractivity contribution < 1.29 is 9.84 Å². The number of aliphatic hydroxyl groups is 1. The Bertz CT molecular complexity index is 960. The molecule has 0 aliphatic carbocycles. The molecule has 5 nitrogen and oxygen atoms in total. The van der Waals surface area contributed by atoms with Crippen LogP contribution < -0.4 is 4.74 Å². The molecule has 0 radical (unpaired) electrons. The Morgan fingerprint density at radius 3 is 2.52 bits per heavy atom. The standard InChI is InChI=1S/C22H29N3O2/c1-7-16(26)12-25-11-15(5)21-19(25)10-14(4)20(24-21)17-8-9-18(13(2)3)23-22(17)27-6/h8-11,13,16,26H,7,12H2,1-6H3. The molecule has 3 rings (SSSR count). The van der Waals surface area contributed by atoms with Crippen molar-refractivity contribution in [1.29, 1.82) is 0 Å². The van der Waals surface area contributed by atoms with E-state index in [-0.39, 0.29) is 6.10 Å². The van der Waals surface area contributed by atoms with Gasteiger partial charge in [-0.1, -0.05) is 20.8 Å². The number of hydrogen-bond acceptors (Lipinski definition) is 4. The van der Waals surface area contributed by atoms with E-state index in [0.29, 0.717) is 18.3 Å². The first-order chi connectivity index (χ1) is 12.8. The molecule has 0 saturated carbocycles. The Kier molecular flexibility index (Phi) is 5.51. The third-order valence-electron chi connectivity index (χ3n) is 5.03. The van der Waals surface area contributed by atoms with E-state index in [0.717, 1.165) is 45.5 Å². The molecule has 0 aliphatic rings. The topological polar surface area (TPSA) is 60.2 Å². The Balaban J connectivity index is 2.14. The van der Waals surface area contributed by atoms with E-state index in [1.807, 2.05) is 13.0 Å². The molecule has 0 fully saturated rings. The van der Waals surface area contributed by atoms with Crippen LogP contribution in [0.5, 0.6) is 5.88 Å². The largest absolute Gasteiger partial charge is 0.480 e. The maximum atomic E-state index is 10.1. The van der Waals surface area contributed by atoms with Gasteiger partial charge in [-0.05, 0) is 55.5 Å². The van der Waals surface area contributed by atoms with Crippen LogP contribution >= 0.6 is 0 Å². The molecule has 3 aromatic heterocycles. The molecule has 0 amide bonds. The van der Waals surface area contributed by atoms with Crippen LogP contribution in [0.2, 0.25) is 0 Å². The summed E-state index contributed by atoms with van der Waals surface area (Å²) in [6.45, 7) is 10.9. The lowest BCUT2D eigenvalue weighted by molar-refractivity contribution is 0.151. The van der Waals surface area contributed by atoms with Crippen molar-refractivity contribution in [3.63, 3.8) is 0 Å². The van der Waals surface area contributed by atoms with Crippen LogP contribution in [-0.2, 0) is 6.54 Å². The number of ether oxygens (including phenoxy) is 1. The van der Waals surface area contributed by atoms with Crippen LogP contribution in [0.25, 0.3) is 22.3 Å². The quantitative estimate of drug-likeness (QED) is 0.691. The molecule has 1 atom stereocenters. The van der Waals surface area contributed by atoms with Gasteiger partial charge in [0.05, 0.1) is 35.5 Å². The molecule has 3 heterocycles. The molecule has 0 aromatic carbocycles.